The summed E-state index contributed by atoms with van der Waals surface area (Å²) in [5.41, 5.74) is -3.82. The summed E-state index contributed by atoms with van der Waals surface area (Å²) in [7, 11) is 2.21. The molecule has 0 atom stereocenters. The Hall–Kier alpha value is -2.46. The molecule has 0 aliphatic rings. The Balaban J connectivity index is 3.06. The molecule has 134 valence electrons. The first-order valence-electron chi connectivity index (χ1n) is 6.23. The predicted molar refractivity (Wildman–Crippen MR) is 70.1 cm³/mol. The Morgan fingerprint density at radius 2 is 1.50 bits per heavy atom. The first kappa shape index (κ1) is 19.6. The van der Waals surface area contributed by atoms with E-state index in [9.17, 15) is 35.9 Å². The van der Waals surface area contributed by atoms with Crippen LogP contribution in [0.1, 0.15) is 11.1 Å². The van der Waals surface area contributed by atoms with Gasteiger partial charge in [-0.05, 0) is 18.2 Å². The summed E-state index contributed by atoms with van der Waals surface area (Å²) < 4.78 is 80.4. The summed E-state index contributed by atoms with van der Waals surface area (Å²) in [6.07, 6.45) is -10.9. The molecule has 5 nitrogen and oxygen atoms in total. The van der Waals surface area contributed by atoms with Crippen molar-refractivity contribution in [2.24, 2.45) is 0 Å². The Morgan fingerprint density at radius 3 is 1.88 bits per heavy atom. The van der Waals surface area contributed by atoms with Crippen LogP contribution in [0.4, 0.5) is 36.8 Å². The number of hydrogen-bond acceptors (Lipinski definition) is 3. The maximum atomic E-state index is 12.7. The number of hydrogen-bond donors (Lipinski definition) is 1. The normalized spacial score (nSPS) is 11.8. The van der Waals surface area contributed by atoms with E-state index in [0.29, 0.717) is 12.1 Å². The molecule has 0 aromatic heterocycles. The second kappa shape index (κ2) is 6.97. The summed E-state index contributed by atoms with van der Waals surface area (Å²) in [6.45, 7) is -0.621. The van der Waals surface area contributed by atoms with Gasteiger partial charge in [0, 0.05) is 12.7 Å². The van der Waals surface area contributed by atoms with E-state index in [1.807, 2.05) is 5.32 Å². The van der Waals surface area contributed by atoms with Crippen LogP contribution in [0.15, 0.2) is 18.2 Å². The number of methoxy groups -OCH3 is 1. The lowest BCUT2D eigenvalue weighted by atomic mass is 10.1. The third-order valence-corrected chi connectivity index (χ3v) is 2.74. The number of benzene rings is 1. The van der Waals surface area contributed by atoms with E-state index >= 15 is 0 Å². The van der Waals surface area contributed by atoms with E-state index in [1.165, 1.54) is 7.05 Å². The van der Waals surface area contributed by atoms with Crippen LogP contribution in [0, 0.1) is 0 Å². The standard InChI is InChI=1S/C13H12F6N2O3/c1-21(11(23)24-2)6-10(22)20-9-4-7(12(14,15)16)3-8(5-9)13(17,18)19/h3-5H,6H2,1-2H3,(H,20,22). The number of nitrogens with one attached hydrogen (secondary N) is 1. The summed E-state index contributed by atoms with van der Waals surface area (Å²) in [5.74, 6) is -0.990. The monoisotopic (exact) mass is 358 g/mol. The molecular formula is C13H12F6N2O3. The quantitative estimate of drug-likeness (QED) is 0.843. The van der Waals surface area contributed by atoms with E-state index in [0.717, 1.165) is 12.0 Å². The van der Waals surface area contributed by atoms with E-state index < -0.39 is 47.7 Å². The zero-order chi connectivity index (χ0) is 18.7. The highest BCUT2D eigenvalue weighted by atomic mass is 19.4. The van der Waals surface area contributed by atoms with Crippen molar-refractivity contribution in [3.05, 3.63) is 29.3 Å². The number of ether oxygens (including phenoxy) is 1. The Bertz CT molecular complexity index is 595. The number of likely N-dealkylation sites (N-methyl/N-ethyl adjacent to an activating group) is 1. The fraction of sp³-hybridized carbons (Fsp3) is 0.385. The summed E-state index contributed by atoms with van der Waals surface area (Å²) in [4.78, 5) is 23.5. The van der Waals surface area contributed by atoms with Gasteiger partial charge in [-0.1, -0.05) is 0 Å². The molecule has 0 heterocycles. The summed E-state index contributed by atoms with van der Waals surface area (Å²) in [6, 6.07) is 0.673. The van der Waals surface area contributed by atoms with Gasteiger partial charge >= 0.3 is 18.4 Å². The third-order valence-electron chi connectivity index (χ3n) is 2.74. The Kier molecular flexibility index (Phi) is 5.69. The first-order valence-corrected chi connectivity index (χ1v) is 6.23. The fourth-order valence-corrected chi connectivity index (χ4v) is 1.66. The molecular weight excluding hydrogens is 346 g/mol. The largest absolute Gasteiger partial charge is 0.453 e. The first-order chi connectivity index (χ1) is 10.8. The molecule has 1 aromatic rings. The molecule has 24 heavy (non-hydrogen) atoms. The Morgan fingerprint density at radius 1 is 1.04 bits per heavy atom. The number of carbonyl (C=O) groups excluding carboxylic acids is 2. The van der Waals surface area contributed by atoms with Crippen molar-refractivity contribution < 1.29 is 40.7 Å². The second-order valence-corrected chi connectivity index (χ2v) is 4.67. The van der Waals surface area contributed by atoms with Gasteiger partial charge in [0.05, 0.1) is 18.2 Å². The molecule has 0 aliphatic carbocycles. The molecule has 0 radical (unpaired) electrons. The van der Waals surface area contributed by atoms with Gasteiger partial charge in [0.1, 0.15) is 6.54 Å². The molecule has 0 saturated carbocycles. The van der Waals surface area contributed by atoms with Gasteiger partial charge in [0.2, 0.25) is 5.91 Å². The molecule has 11 heteroatoms. The molecule has 0 bridgehead atoms. The van der Waals surface area contributed by atoms with Crippen LogP contribution in [-0.4, -0.2) is 37.6 Å². The van der Waals surface area contributed by atoms with E-state index in [4.69, 9.17) is 0 Å². The van der Waals surface area contributed by atoms with Crippen LogP contribution >= 0.6 is 0 Å². The number of rotatable bonds is 3. The van der Waals surface area contributed by atoms with E-state index in [-0.39, 0.29) is 6.07 Å². The number of halogens is 6. The van der Waals surface area contributed by atoms with Gasteiger partial charge in [0.15, 0.2) is 0 Å². The zero-order valence-electron chi connectivity index (χ0n) is 12.4. The van der Waals surface area contributed by atoms with Crippen molar-refractivity contribution in [3.63, 3.8) is 0 Å². The Labute approximate surface area is 132 Å². The molecule has 0 unspecified atom stereocenters. The molecule has 1 rings (SSSR count). The van der Waals surface area contributed by atoms with Crippen LogP contribution in [0.5, 0.6) is 0 Å². The van der Waals surface area contributed by atoms with Gasteiger partial charge in [-0.2, -0.15) is 26.3 Å². The zero-order valence-corrected chi connectivity index (χ0v) is 12.4. The summed E-state index contributed by atoms with van der Waals surface area (Å²) in [5, 5.41) is 1.89. The lowest BCUT2D eigenvalue weighted by Crippen LogP contribution is -2.34. The van der Waals surface area contributed by atoms with E-state index in [1.54, 1.807) is 0 Å². The smallest absolute Gasteiger partial charge is 0.416 e. The van der Waals surface area contributed by atoms with Crippen LogP contribution in [0.25, 0.3) is 0 Å². The lowest BCUT2D eigenvalue weighted by Gasteiger charge is -2.17. The van der Waals surface area contributed by atoms with Gasteiger partial charge in [-0.3, -0.25) is 4.79 Å². The summed E-state index contributed by atoms with van der Waals surface area (Å²) >= 11 is 0. The second-order valence-electron chi connectivity index (χ2n) is 4.67. The molecule has 0 saturated heterocycles. The van der Waals surface area contributed by atoms with Crippen LogP contribution in [-0.2, 0) is 21.9 Å². The number of amides is 2. The maximum absolute atomic E-state index is 12.7. The number of alkyl halides is 6. The average Bonchev–Trinajstić information content (AvgIpc) is 2.43. The molecule has 1 N–H and O–H groups in total. The van der Waals surface area contributed by atoms with Crippen LogP contribution in [0.2, 0.25) is 0 Å². The SMILES string of the molecule is COC(=O)N(C)CC(=O)Nc1cc(C(F)(F)F)cc(C(F)(F)F)c1. The van der Waals surface area contributed by atoms with Gasteiger partial charge in [0.25, 0.3) is 0 Å². The van der Waals surface area contributed by atoms with Crippen molar-refractivity contribution in [1.29, 1.82) is 0 Å². The number of nitrogens with zero attached hydrogens (tertiary/aromatic N) is 1. The molecule has 0 aliphatic heterocycles. The predicted octanol–water partition coefficient (Wildman–Crippen LogP) is 3.36. The minimum atomic E-state index is -5.02. The van der Waals surface area contributed by atoms with Crippen LogP contribution < -0.4 is 5.32 Å². The molecule has 2 amide bonds. The average molecular weight is 358 g/mol. The minimum Gasteiger partial charge on any atom is -0.453 e. The topological polar surface area (TPSA) is 58.6 Å². The van der Waals surface area contributed by atoms with Gasteiger partial charge in [-0.25, -0.2) is 4.79 Å². The molecule has 0 spiro atoms. The third kappa shape index (κ3) is 5.32. The van der Waals surface area contributed by atoms with Crippen molar-refractivity contribution in [2.75, 3.05) is 26.0 Å². The lowest BCUT2D eigenvalue weighted by molar-refractivity contribution is -0.143. The highest BCUT2D eigenvalue weighted by Gasteiger charge is 2.37. The van der Waals surface area contributed by atoms with Crippen LogP contribution in [0.3, 0.4) is 0 Å². The molecule has 0 fully saturated rings. The van der Waals surface area contributed by atoms with Crippen molar-refractivity contribution in [2.45, 2.75) is 12.4 Å². The fourth-order valence-electron chi connectivity index (χ4n) is 1.66. The highest BCUT2D eigenvalue weighted by molar-refractivity contribution is 5.94. The minimum absolute atomic E-state index is 0.0593. The maximum Gasteiger partial charge on any atom is 0.416 e. The van der Waals surface area contributed by atoms with Crippen molar-refractivity contribution >= 4 is 17.7 Å². The highest BCUT2D eigenvalue weighted by Crippen LogP contribution is 2.37. The molecule has 1 aromatic carbocycles. The van der Waals surface area contributed by atoms with Gasteiger partial charge in [-0.15, -0.1) is 0 Å². The van der Waals surface area contributed by atoms with E-state index in [2.05, 4.69) is 4.74 Å². The van der Waals surface area contributed by atoms with Crippen molar-refractivity contribution in [1.82, 2.24) is 4.90 Å². The number of carbonyl (C=O) groups is 2. The van der Waals surface area contributed by atoms with Crippen molar-refractivity contribution in [3.8, 4) is 0 Å². The van der Waals surface area contributed by atoms with Gasteiger partial charge < -0.3 is 15.0 Å². The number of anilines is 1.